The van der Waals surface area contributed by atoms with Gasteiger partial charge in [0.25, 0.3) is 5.91 Å². The normalized spacial score (nSPS) is 14.4. The molecule has 5 heteroatoms. The minimum atomic E-state index is -0.172. The molecule has 0 saturated heterocycles. The van der Waals surface area contributed by atoms with Crippen molar-refractivity contribution in [3.8, 4) is 5.75 Å². The van der Waals surface area contributed by atoms with Crippen molar-refractivity contribution in [1.82, 2.24) is 5.32 Å². The van der Waals surface area contributed by atoms with E-state index >= 15 is 0 Å². The smallest absolute Gasteiger partial charge is 0.251 e. The quantitative estimate of drug-likeness (QED) is 0.793. The van der Waals surface area contributed by atoms with E-state index < -0.39 is 0 Å². The molecule has 1 atom stereocenters. The Morgan fingerprint density at radius 3 is 2.54 bits per heavy atom. The predicted molar refractivity (Wildman–Crippen MR) is 101 cm³/mol. The van der Waals surface area contributed by atoms with Crippen LogP contribution in [-0.2, 0) is 4.79 Å². The minimum Gasteiger partial charge on any atom is -0.494 e. The van der Waals surface area contributed by atoms with Gasteiger partial charge in [-0.15, -0.1) is 0 Å². The minimum absolute atomic E-state index is 0.0327. The number of ether oxygens (including phenoxy) is 1. The maximum atomic E-state index is 12.5. The van der Waals surface area contributed by atoms with E-state index in [2.05, 4.69) is 10.6 Å². The fourth-order valence-corrected chi connectivity index (χ4v) is 2.71. The Balaban J connectivity index is 1.62. The highest BCUT2D eigenvalue weighted by molar-refractivity contribution is 5.98. The highest BCUT2D eigenvalue weighted by Gasteiger charge is 2.29. The average molecular weight is 352 g/mol. The summed E-state index contributed by atoms with van der Waals surface area (Å²) in [7, 11) is 0. The van der Waals surface area contributed by atoms with E-state index in [4.69, 9.17) is 4.74 Å². The monoisotopic (exact) mass is 352 g/mol. The molecule has 1 aliphatic carbocycles. The highest BCUT2D eigenvalue weighted by atomic mass is 16.5. The Kier molecular flexibility index (Phi) is 5.56. The lowest BCUT2D eigenvalue weighted by atomic mass is 10.1. The number of anilines is 1. The Labute approximate surface area is 153 Å². The van der Waals surface area contributed by atoms with E-state index in [9.17, 15) is 9.59 Å². The van der Waals surface area contributed by atoms with Gasteiger partial charge in [0, 0.05) is 17.2 Å². The number of hydrogen-bond acceptors (Lipinski definition) is 3. The first-order valence-electron chi connectivity index (χ1n) is 9.01. The number of amides is 2. The second-order valence-electron chi connectivity index (χ2n) is 6.54. The van der Waals surface area contributed by atoms with Gasteiger partial charge in [-0.1, -0.05) is 18.2 Å². The summed E-state index contributed by atoms with van der Waals surface area (Å²) >= 11 is 0. The molecular weight excluding hydrogens is 328 g/mol. The van der Waals surface area contributed by atoms with Crippen LogP contribution in [0.5, 0.6) is 5.75 Å². The van der Waals surface area contributed by atoms with Gasteiger partial charge in [0.1, 0.15) is 5.75 Å². The van der Waals surface area contributed by atoms with Gasteiger partial charge in [-0.2, -0.15) is 0 Å². The van der Waals surface area contributed by atoms with Crippen LogP contribution in [0.2, 0.25) is 0 Å². The van der Waals surface area contributed by atoms with Crippen molar-refractivity contribution in [3.63, 3.8) is 0 Å². The third-order valence-electron chi connectivity index (χ3n) is 4.38. The first kappa shape index (κ1) is 18.0. The number of carbonyl (C=O) groups is 2. The molecule has 1 saturated carbocycles. The predicted octanol–water partition coefficient (Wildman–Crippen LogP) is 3.92. The molecule has 0 aliphatic heterocycles. The van der Waals surface area contributed by atoms with Gasteiger partial charge in [-0.3, -0.25) is 9.59 Å². The van der Waals surface area contributed by atoms with Crippen LogP contribution in [0.1, 0.15) is 48.7 Å². The van der Waals surface area contributed by atoms with Crippen molar-refractivity contribution in [2.75, 3.05) is 11.9 Å². The van der Waals surface area contributed by atoms with Crippen LogP contribution in [0, 0.1) is 5.92 Å². The molecule has 0 spiro atoms. The number of benzene rings is 2. The van der Waals surface area contributed by atoms with Gasteiger partial charge < -0.3 is 15.4 Å². The van der Waals surface area contributed by atoms with E-state index in [0.29, 0.717) is 17.9 Å². The summed E-state index contributed by atoms with van der Waals surface area (Å²) < 4.78 is 5.44. The first-order chi connectivity index (χ1) is 12.6. The van der Waals surface area contributed by atoms with Crippen molar-refractivity contribution < 1.29 is 14.3 Å². The molecule has 1 unspecified atom stereocenters. The van der Waals surface area contributed by atoms with E-state index in [1.165, 1.54) is 0 Å². The van der Waals surface area contributed by atoms with Crippen LogP contribution >= 0.6 is 0 Å². The van der Waals surface area contributed by atoms with Gasteiger partial charge in [0.05, 0.1) is 12.6 Å². The second-order valence-corrected chi connectivity index (χ2v) is 6.54. The van der Waals surface area contributed by atoms with Crippen LogP contribution in [0.3, 0.4) is 0 Å². The molecule has 0 radical (unpaired) electrons. The number of hydrogen-bond donors (Lipinski definition) is 2. The molecule has 0 bridgehead atoms. The standard InChI is InChI=1S/C21H24N2O3/c1-3-26-19-11-9-15(10-12-19)14(2)22-21(25)17-5-4-6-18(13-17)23-20(24)16-7-8-16/h4-6,9-14,16H,3,7-8H2,1-2H3,(H,22,25)(H,23,24). The van der Waals surface area contributed by atoms with Crippen molar-refractivity contribution in [2.24, 2.45) is 5.92 Å². The molecule has 2 aromatic carbocycles. The lowest BCUT2D eigenvalue weighted by Gasteiger charge is -2.15. The molecule has 1 fully saturated rings. The SMILES string of the molecule is CCOc1ccc(C(C)NC(=O)c2cccc(NC(=O)C3CC3)c2)cc1. The first-order valence-corrected chi connectivity index (χ1v) is 9.01. The summed E-state index contributed by atoms with van der Waals surface area (Å²) in [6.45, 7) is 4.50. The van der Waals surface area contributed by atoms with Gasteiger partial charge in [0.2, 0.25) is 5.91 Å². The van der Waals surface area contributed by atoms with Crippen molar-refractivity contribution >= 4 is 17.5 Å². The molecule has 0 aromatic heterocycles. The average Bonchev–Trinajstić information content (AvgIpc) is 3.48. The lowest BCUT2D eigenvalue weighted by molar-refractivity contribution is -0.117. The van der Waals surface area contributed by atoms with Crippen LogP contribution < -0.4 is 15.4 Å². The van der Waals surface area contributed by atoms with E-state index in [1.54, 1.807) is 24.3 Å². The van der Waals surface area contributed by atoms with Crippen molar-refractivity contribution in [1.29, 1.82) is 0 Å². The summed E-state index contributed by atoms with van der Waals surface area (Å²) in [6, 6.07) is 14.6. The Morgan fingerprint density at radius 1 is 1.15 bits per heavy atom. The number of nitrogens with one attached hydrogen (secondary N) is 2. The van der Waals surface area contributed by atoms with Gasteiger partial charge in [-0.05, 0) is 62.6 Å². The third kappa shape index (κ3) is 4.63. The summed E-state index contributed by atoms with van der Waals surface area (Å²) in [6.07, 6.45) is 1.90. The largest absolute Gasteiger partial charge is 0.494 e. The summed E-state index contributed by atoms with van der Waals surface area (Å²) in [5.41, 5.74) is 2.18. The molecule has 26 heavy (non-hydrogen) atoms. The maximum absolute atomic E-state index is 12.5. The van der Waals surface area contributed by atoms with Crippen LogP contribution in [0.25, 0.3) is 0 Å². The molecule has 1 aliphatic rings. The zero-order valence-corrected chi connectivity index (χ0v) is 15.1. The summed E-state index contributed by atoms with van der Waals surface area (Å²) in [4.78, 5) is 24.4. The van der Waals surface area contributed by atoms with Crippen LogP contribution in [0.4, 0.5) is 5.69 Å². The summed E-state index contributed by atoms with van der Waals surface area (Å²) in [5, 5.41) is 5.86. The van der Waals surface area contributed by atoms with Crippen LogP contribution in [0.15, 0.2) is 48.5 Å². The fraction of sp³-hybridized carbons (Fsp3) is 0.333. The zero-order valence-electron chi connectivity index (χ0n) is 15.1. The van der Waals surface area contributed by atoms with Gasteiger partial charge in [0.15, 0.2) is 0 Å². The molecule has 3 rings (SSSR count). The van der Waals surface area contributed by atoms with Gasteiger partial charge in [-0.25, -0.2) is 0 Å². The highest BCUT2D eigenvalue weighted by Crippen LogP contribution is 2.30. The topological polar surface area (TPSA) is 67.4 Å². The van der Waals surface area contributed by atoms with Crippen molar-refractivity contribution in [3.05, 3.63) is 59.7 Å². The Bertz CT molecular complexity index is 782. The molecule has 0 heterocycles. The molecule has 2 aromatic rings. The van der Waals surface area contributed by atoms with E-state index in [0.717, 1.165) is 24.2 Å². The molecule has 5 nitrogen and oxygen atoms in total. The third-order valence-corrected chi connectivity index (χ3v) is 4.38. The van der Waals surface area contributed by atoms with E-state index in [-0.39, 0.29) is 23.8 Å². The second kappa shape index (κ2) is 8.04. The zero-order chi connectivity index (χ0) is 18.5. The Hall–Kier alpha value is -2.82. The molecule has 2 amide bonds. The van der Waals surface area contributed by atoms with Crippen molar-refractivity contribution in [2.45, 2.75) is 32.7 Å². The Morgan fingerprint density at radius 2 is 1.88 bits per heavy atom. The summed E-state index contributed by atoms with van der Waals surface area (Å²) in [5.74, 6) is 0.806. The van der Waals surface area contributed by atoms with Crippen LogP contribution in [-0.4, -0.2) is 18.4 Å². The van der Waals surface area contributed by atoms with Gasteiger partial charge >= 0.3 is 0 Å². The number of carbonyl (C=O) groups excluding carboxylic acids is 2. The molecule has 136 valence electrons. The van der Waals surface area contributed by atoms with E-state index in [1.807, 2.05) is 38.1 Å². The number of rotatable bonds is 7. The fourth-order valence-electron chi connectivity index (χ4n) is 2.71. The maximum Gasteiger partial charge on any atom is 0.251 e. The molecule has 2 N–H and O–H groups in total. The lowest BCUT2D eigenvalue weighted by Crippen LogP contribution is -2.26. The molecular formula is C21H24N2O3.